The van der Waals surface area contributed by atoms with Crippen LogP contribution in [0.1, 0.15) is 44.9 Å². The first kappa shape index (κ1) is 16.0. The Morgan fingerprint density at radius 2 is 2.33 bits per heavy atom. The first-order valence-electron chi connectivity index (χ1n) is 8.04. The fraction of sp³-hybridized carbons (Fsp3) is 0.750. The van der Waals surface area contributed by atoms with Crippen molar-refractivity contribution in [2.75, 3.05) is 20.3 Å². The van der Waals surface area contributed by atoms with Gasteiger partial charge in [0, 0.05) is 45.1 Å². The summed E-state index contributed by atoms with van der Waals surface area (Å²) in [5, 5.41) is 0. The number of rotatable bonds is 7. The van der Waals surface area contributed by atoms with Crippen LogP contribution in [0.3, 0.4) is 0 Å². The summed E-state index contributed by atoms with van der Waals surface area (Å²) in [6.07, 6.45) is 10.1. The molecule has 1 fully saturated rings. The van der Waals surface area contributed by atoms with Crippen LogP contribution in [0.15, 0.2) is 12.4 Å². The van der Waals surface area contributed by atoms with Crippen LogP contribution in [0.2, 0.25) is 0 Å². The quantitative estimate of drug-likeness (QED) is 0.724. The van der Waals surface area contributed by atoms with Crippen LogP contribution in [-0.4, -0.2) is 46.7 Å². The van der Waals surface area contributed by atoms with Crippen molar-refractivity contribution >= 4 is 5.91 Å². The number of carbonyl (C=O) groups is 1. The fourth-order valence-electron chi connectivity index (χ4n) is 3.13. The molecule has 0 spiro atoms. The highest BCUT2D eigenvalue weighted by Gasteiger charge is 2.26. The molecule has 0 radical (unpaired) electrons. The van der Waals surface area contributed by atoms with E-state index in [9.17, 15) is 4.79 Å². The van der Waals surface area contributed by atoms with Crippen LogP contribution in [0.25, 0.3) is 0 Å². The largest absolute Gasteiger partial charge is 0.385 e. The van der Waals surface area contributed by atoms with Gasteiger partial charge in [0.15, 0.2) is 0 Å². The van der Waals surface area contributed by atoms with Gasteiger partial charge in [-0.2, -0.15) is 0 Å². The van der Waals surface area contributed by atoms with E-state index in [1.165, 1.54) is 6.42 Å². The van der Waals surface area contributed by atoms with Gasteiger partial charge in [0.2, 0.25) is 5.91 Å². The SMILES string of the molecule is CCc1nccn1CC(=O)N1CCCC[C@@H]1CCCOC. The van der Waals surface area contributed by atoms with E-state index in [2.05, 4.69) is 16.8 Å². The average Bonchev–Trinajstić information content (AvgIpc) is 2.95. The summed E-state index contributed by atoms with van der Waals surface area (Å²) in [5.74, 6) is 1.21. The van der Waals surface area contributed by atoms with Crippen molar-refractivity contribution in [2.24, 2.45) is 0 Å². The van der Waals surface area contributed by atoms with Crippen molar-refractivity contribution in [2.45, 2.75) is 58.0 Å². The van der Waals surface area contributed by atoms with Gasteiger partial charge in [0.25, 0.3) is 0 Å². The highest BCUT2D eigenvalue weighted by Crippen LogP contribution is 2.21. The van der Waals surface area contributed by atoms with Gasteiger partial charge >= 0.3 is 0 Å². The summed E-state index contributed by atoms with van der Waals surface area (Å²) in [6, 6.07) is 0.384. The number of ether oxygens (including phenoxy) is 1. The van der Waals surface area contributed by atoms with Crippen LogP contribution in [-0.2, 0) is 22.5 Å². The molecular formula is C16H27N3O2. The molecule has 2 rings (SSSR count). The molecule has 2 heterocycles. The molecule has 0 aliphatic carbocycles. The Labute approximate surface area is 127 Å². The Morgan fingerprint density at radius 1 is 1.48 bits per heavy atom. The normalized spacial score (nSPS) is 19.0. The van der Waals surface area contributed by atoms with E-state index in [0.29, 0.717) is 12.6 Å². The average molecular weight is 293 g/mol. The van der Waals surface area contributed by atoms with Crippen molar-refractivity contribution in [1.29, 1.82) is 0 Å². The summed E-state index contributed by atoms with van der Waals surface area (Å²) in [7, 11) is 1.73. The van der Waals surface area contributed by atoms with Gasteiger partial charge in [-0.15, -0.1) is 0 Å². The number of hydrogen-bond acceptors (Lipinski definition) is 3. The van der Waals surface area contributed by atoms with Crippen molar-refractivity contribution in [3.05, 3.63) is 18.2 Å². The number of likely N-dealkylation sites (tertiary alicyclic amines) is 1. The molecule has 1 aliphatic heterocycles. The predicted octanol–water partition coefficient (Wildman–Crippen LogP) is 2.25. The molecule has 0 aromatic carbocycles. The van der Waals surface area contributed by atoms with Crippen molar-refractivity contribution in [1.82, 2.24) is 14.5 Å². The topological polar surface area (TPSA) is 47.4 Å². The van der Waals surface area contributed by atoms with Crippen LogP contribution in [0, 0.1) is 0 Å². The second-order valence-corrected chi connectivity index (χ2v) is 5.70. The third-order valence-electron chi connectivity index (χ3n) is 4.26. The number of methoxy groups -OCH3 is 1. The van der Waals surface area contributed by atoms with Crippen molar-refractivity contribution < 1.29 is 9.53 Å². The second kappa shape index (κ2) is 8.17. The first-order valence-corrected chi connectivity index (χ1v) is 8.04. The van der Waals surface area contributed by atoms with Gasteiger partial charge < -0.3 is 14.2 Å². The molecule has 1 amide bonds. The Morgan fingerprint density at radius 3 is 3.10 bits per heavy atom. The summed E-state index contributed by atoms with van der Waals surface area (Å²) in [5.41, 5.74) is 0. The fourth-order valence-corrected chi connectivity index (χ4v) is 3.13. The number of imidazole rings is 1. The summed E-state index contributed by atoms with van der Waals surface area (Å²) in [6.45, 7) is 4.16. The van der Waals surface area contributed by atoms with E-state index in [1.807, 2.05) is 10.8 Å². The zero-order chi connectivity index (χ0) is 15.1. The number of aromatic nitrogens is 2. The maximum atomic E-state index is 12.6. The van der Waals surface area contributed by atoms with E-state index in [-0.39, 0.29) is 5.91 Å². The zero-order valence-electron chi connectivity index (χ0n) is 13.3. The Hall–Kier alpha value is -1.36. The Bertz CT molecular complexity index is 444. The van der Waals surface area contributed by atoms with Crippen molar-refractivity contribution in [3.8, 4) is 0 Å². The van der Waals surface area contributed by atoms with E-state index in [4.69, 9.17) is 4.74 Å². The maximum Gasteiger partial charge on any atom is 0.242 e. The lowest BCUT2D eigenvalue weighted by Crippen LogP contribution is -2.45. The number of amides is 1. The number of nitrogens with zero attached hydrogens (tertiary/aromatic N) is 3. The zero-order valence-corrected chi connectivity index (χ0v) is 13.3. The molecule has 1 aliphatic rings. The second-order valence-electron chi connectivity index (χ2n) is 5.70. The smallest absolute Gasteiger partial charge is 0.242 e. The number of hydrogen-bond donors (Lipinski definition) is 0. The van der Waals surface area contributed by atoms with Gasteiger partial charge in [-0.1, -0.05) is 6.92 Å². The van der Waals surface area contributed by atoms with Crippen LogP contribution < -0.4 is 0 Å². The minimum atomic E-state index is 0.227. The molecule has 1 saturated heterocycles. The highest BCUT2D eigenvalue weighted by molar-refractivity contribution is 5.76. The summed E-state index contributed by atoms with van der Waals surface area (Å²) < 4.78 is 7.10. The number of piperidine rings is 1. The molecule has 5 heteroatoms. The minimum Gasteiger partial charge on any atom is -0.385 e. The van der Waals surface area contributed by atoms with Crippen LogP contribution in [0.4, 0.5) is 0 Å². The van der Waals surface area contributed by atoms with Crippen molar-refractivity contribution in [3.63, 3.8) is 0 Å². The predicted molar refractivity (Wildman–Crippen MR) is 82.1 cm³/mol. The Balaban J connectivity index is 1.94. The molecule has 0 N–H and O–H groups in total. The van der Waals surface area contributed by atoms with Gasteiger partial charge in [-0.05, 0) is 32.1 Å². The van der Waals surface area contributed by atoms with Gasteiger partial charge in [0.05, 0.1) is 0 Å². The lowest BCUT2D eigenvalue weighted by molar-refractivity contribution is -0.135. The third-order valence-corrected chi connectivity index (χ3v) is 4.26. The number of carbonyl (C=O) groups excluding carboxylic acids is 1. The summed E-state index contributed by atoms with van der Waals surface area (Å²) >= 11 is 0. The monoisotopic (exact) mass is 293 g/mol. The highest BCUT2D eigenvalue weighted by atomic mass is 16.5. The van der Waals surface area contributed by atoms with Gasteiger partial charge in [-0.25, -0.2) is 4.98 Å². The minimum absolute atomic E-state index is 0.227. The molecule has 118 valence electrons. The molecule has 1 aromatic heterocycles. The summed E-state index contributed by atoms with van der Waals surface area (Å²) in [4.78, 5) is 19.0. The molecule has 21 heavy (non-hydrogen) atoms. The van der Waals surface area contributed by atoms with Gasteiger partial charge in [-0.3, -0.25) is 4.79 Å². The molecule has 1 aromatic rings. The molecule has 5 nitrogen and oxygen atoms in total. The lowest BCUT2D eigenvalue weighted by Gasteiger charge is -2.36. The Kier molecular flexibility index (Phi) is 6.23. The van der Waals surface area contributed by atoms with E-state index in [1.54, 1.807) is 13.3 Å². The maximum absolute atomic E-state index is 12.6. The molecule has 1 atom stereocenters. The van der Waals surface area contributed by atoms with Crippen LogP contribution >= 0.6 is 0 Å². The number of aryl methyl sites for hydroxylation is 1. The molecular weight excluding hydrogens is 266 g/mol. The van der Waals surface area contributed by atoms with E-state index >= 15 is 0 Å². The van der Waals surface area contributed by atoms with Gasteiger partial charge in [0.1, 0.15) is 12.4 Å². The third kappa shape index (κ3) is 4.30. The van der Waals surface area contributed by atoms with Crippen LogP contribution in [0.5, 0.6) is 0 Å². The molecule has 0 saturated carbocycles. The van der Waals surface area contributed by atoms with E-state index in [0.717, 1.165) is 51.1 Å². The lowest BCUT2D eigenvalue weighted by atomic mass is 9.98. The first-order chi connectivity index (χ1) is 10.3. The van der Waals surface area contributed by atoms with E-state index < -0.39 is 0 Å². The molecule has 0 unspecified atom stereocenters. The molecule has 0 bridgehead atoms. The standard InChI is InChI=1S/C16H27N3O2/c1-3-15-17-9-11-18(15)13-16(20)19-10-5-4-7-14(19)8-6-12-21-2/h9,11,14H,3-8,10,12-13H2,1-2H3/t14-/m1/s1.